The molecule has 0 atom stereocenters. The lowest BCUT2D eigenvalue weighted by Gasteiger charge is -2.24. The van der Waals surface area contributed by atoms with E-state index >= 15 is 0 Å². The molecular formula is C17H18FNO5S. The van der Waals surface area contributed by atoms with Crippen molar-refractivity contribution < 1.29 is 27.4 Å². The van der Waals surface area contributed by atoms with Crippen molar-refractivity contribution in [2.24, 2.45) is 0 Å². The standard InChI is InChI=1S/C17H18FNO5S/c1-24-15-5-2-4-14(12-15)19(11-3-6-17(20)21)25(22,23)16-9-7-13(18)8-10-16/h2,4-5,7-10,12H,3,6,11H2,1H3,(H,20,21). The van der Waals surface area contributed by atoms with Gasteiger partial charge in [-0.05, 0) is 42.8 Å². The van der Waals surface area contributed by atoms with E-state index in [0.29, 0.717) is 11.4 Å². The van der Waals surface area contributed by atoms with Gasteiger partial charge >= 0.3 is 5.97 Å². The van der Waals surface area contributed by atoms with Crippen LogP contribution in [-0.4, -0.2) is 33.1 Å². The molecule has 2 aromatic carbocycles. The normalized spacial score (nSPS) is 11.1. The number of carboxylic acids is 1. The molecule has 2 aromatic rings. The van der Waals surface area contributed by atoms with E-state index < -0.39 is 21.8 Å². The number of nitrogens with zero attached hydrogens (tertiary/aromatic N) is 1. The molecule has 0 saturated heterocycles. The fourth-order valence-corrected chi connectivity index (χ4v) is 3.76. The Kier molecular flexibility index (Phi) is 5.97. The van der Waals surface area contributed by atoms with Gasteiger partial charge in [-0.2, -0.15) is 0 Å². The average Bonchev–Trinajstić information content (AvgIpc) is 2.58. The molecule has 134 valence electrons. The fourth-order valence-electron chi connectivity index (χ4n) is 2.26. The van der Waals surface area contributed by atoms with Crippen molar-refractivity contribution in [1.82, 2.24) is 0 Å². The number of carboxylic acid groups (broad SMARTS) is 1. The van der Waals surface area contributed by atoms with Crippen molar-refractivity contribution in [1.29, 1.82) is 0 Å². The van der Waals surface area contributed by atoms with Crippen LogP contribution in [0.4, 0.5) is 10.1 Å². The lowest BCUT2D eigenvalue weighted by Crippen LogP contribution is -2.32. The fraction of sp³-hybridized carbons (Fsp3) is 0.235. The Labute approximate surface area is 145 Å². The highest BCUT2D eigenvalue weighted by Crippen LogP contribution is 2.27. The molecule has 0 amide bonds. The van der Waals surface area contributed by atoms with Gasteiger partial charge in [0.15, 0.2) is 0 Å². The van der Waals surface area contributed by atoms with E-state index in [1.807, 2.05) is 0 Å². The first-order valence-electron chi connectivity index (χ1n) is 7.49. The number of hydrogen-bond acceptors (Lipinski definition) is 4. The second-order valence-corrected chi connectivity index (χ2v) is 7.09. The second kappa shape index (κ2) is 7.98. The van der Waals surface area contributed by atoms with E-state index in [1.54, 1.807) is 24.3 Å². The summed E-state index contributed by atoms with van der Waals surface area (Å²) in [4.78, 5) is 10.7. The van der Waals surface area contributed by atoms with Crippen molar-refractivity contribution >= 4 is 21.7 Å². The van der Waals surface area contributed by atoms with Gasteiger partial charge in [0.05, 0.1) is 17.7 Å². The summed E-state index contributed by atoms with van der Waals surface area (Å²) in [5.41, 5.74) is 0.342. The van der Waals surface area contributed by atoms with Gasteiger partial charge in [0.25, 0.3) is 10.0 Å². The lowest BCUT2D eigenvalue weighted by molar-refractivity contribution is -0.137. The number of ether oxygens (including phenoxy) is 1. The molecule has 1 N–H and O–H groups in total. The minimum atomic E-state index is -3.98. The molecule has 8 heteroatoms. The molecule has 6 nitrogen and oxygen atoms in total. The Morgan fingerprint density at radius 2 is 1.88 bits per heavy atom. The SMILES string of the molecule is COc1cccc(N(CCCC(=O)O)S(=O)(=O)c2ccc(F)cc2)c1. The molecule has 0 aliphatic rings. The van der Waals surface area contributed by atoms with Crippen molar-refractivity contribution in [3.05, 3.63) is 54.3 Å². The third-order valence-corrected chi connectivity index (χ3v) is 5.34. The van der Waals surface area contributed by atoms with Crippen LogP contribution in [0.25, 0.3) is 0 Å². The van der Waals surface area contributed by atoms with Crippen molar-refractivity contribution in [2.45, 2.75) is 17.7 Å². The maximum atomic E-state index is 13.1. The Bertz CT molecular complexity index is 836. The maximum absolute atomic E-state index is 13.1. The maximum Gasteiger partial charge on any atom is 0.303 e. The van der Waals surface area contributed by atoms with Crippen LogP contribution in [0.1, 0.15) is 12.8 Å². The van der Waals surface area contributed by atoms with Gasteiger partial charge in [0, 0.05) is 19.0 Å². The molecule has 2 rings (SSSR count). The molecule has 0 aromatic heterocycles. The summed E-state index contributed by atoms with van der Waals surface area (Å²) < 4.78 is 45.2. The average molecular weight is 367 g/mol. The van der Waals surface area contributed by atoms with Crippen LogP contribution in [0, 0.1) is 5.82 Å². The topological polar surface area (TPSA) is 83.9 Å². The van der Waals surface area contributed by atoms with Crippen LogP contribution in [0.5, 0.6) is 5.75 Å². The predicted octanol–water partition coefficient (Wildman–Crippen LogP) is 2.89. The molecule has 0 heterocycles. The highest BCUT2D eigenvalue weighted by atomic mass is 32.2. The van der Waals surface area contributed by atoms with Gasteiger partial charge in [0.1, 0.15) is 11.6 Å². The van der Waals surface area contributed by atoms with Gasteiger partial charge in [-0.15, -0.1) is 0 Å². The minimum absolute atomic E-state index is 0.0286. The number of benzene rings is 2. The summed E-state index contributed by atoms with van der Waals surface area (Å²) in [5.74, 6) is -1.09. The highest BCUT2D eigenvalue weighted by Gasteiger charge is 2.25. The number of anilines is 1. The molecule has 25 heavy (non-hydrogen) atoms. The Hall–Kier alpha value is -2.61. The molecule has 0 aliphatic carbocycles. The number of rotatable bonds is 8. The van der Waals surface area contributed by atoms with Crippen LogP contribution in [-0.2, 0) is 14.8 Å². The van der Waals surface area contributed by atoms with E-state index in [-0.39, 0.29) is 24.3 Å². The molecule has 0 unspecified atom stereocenters. The number of hydrogen-bond donors (Lipinski definition) is 1. The van der Waals surface area contributed by atoms with Gasteiger partial charge in [-0.1, -0.05) is 6.07 Å². The second-order valence-electron chi connectivity index (χ2n) is 5.23. The van der Waals surface area contributed by atoms with E-state index in [9.17, 15) is 17.6 Å². The summed E-state index contributed by atoms with van der Waals surface area (Å²) in [6, 6.07) is 10.9. The van der Waals surface area contributed by atoms with Crippen LogP contribution in [0.2, 0.25) is 0 Å². The van der Waals surface area contributed by atoms with Crippen molar-refractivity contribution in [3.63, 3.8) is 0 Å². The summed E-state index contributed by atoms with van der Waals surface area (Å²) in [6.07, 6.45) is -0.0353. The van der Waals surface area contributed by atoms with E-state index in [1.165, 1.54) is 19.2 Å². The molecule has 0 radical (unpaired) electrons. The molecule has 0 bridgehead atoms. The molecular weight excluding hydrogens is 349 g/mol. The number of carbonyl (C=O) groups is 1. The van der Waals surface area contributed by atoms with E-state index in [2.05, 4.69) is 0 Å². The summed E-state index contributed by atoms with van der Waals surface area (Å²) >= 11 is 0. The summed E-state index contributed by atoms with van der Waals surface area (Å²) in [6.45, 7) is -0.0286. The molecule has 0 aliphatic heterocycles. The third-order valence-electron chi connectivity index (χ3n) is 3.49. The highest BCUT2D eigenvalue weighted by molar-refractivity contribution is 7.92. The zero-order valence-electron chi connectivity index (χ0n) is 13.6. The predicted molar refractivity (Wildman–Crippen MR) is 90.8 cm³/mol. The molecule has 0 spiro atoms. The first-order chi connectivity index (χ1) is 11.8. The quantitative estimate of drug-likeness (QED) is 0.776. The Morgan fingerprint density at radius 3 is 2.48 bits per heavy atom. The van der Waals surface area contributed by atoms with Crippen LogP contribution < -0.4 is 9.04 Å². The van der Waals surface area contributed by atoms with Gasteiger partial charge in [-0.25, -0.2) is 12.8 Å². The lowest BCUT2D eigenvalue weighted by atomic mass is 10.2. The zero-order valence-corrected chi connectivity index (χ0v) is 14.4. The van der Waals surface area contributed by atoms with E-state index in [0.717, 1.165) is 16.4 Å². The number of sulfonamides is 1. The van der Waals surface area contributed by atoms with Crippen molar-refractivity contribution in [2.75, 3.05) is 18.0 Å². The first-order valence-corrected chi connectivity index (χ1v) is 8.93. The van der Waals surface area contributed by atoms with Crippen molar-refractivity contribution in [3.8, 4) is 5.75 Å². The smallest absolute Gasteiger partial charge is 0.303 e. The number of aliphatic carboxylic acids is 1. The number of methoxy groups -OCH3 is 1. The van der Waals surface area contributed by atoms with Gasteiger partial charge in [-0.3, -0.25) is 9.10 Å². The van der Waals surface area contributed by atoms with Gasteiger partial charge in [0.2, 0.25) is 0 Å². The van der Waals surface area contributed by atoms with E-state index in [4.69, 9.17) is 9.84 Å². The number of halogens is 1. The van der Waals surface area contributed by atoms with Crippen LogP contribution >= 0.6 is 0 Å². The zero-order chi connectivity index (χ0) is 18.4. The minimum Gasteiger partial charge on any atom is -0.497 e. The largest absolute Gasteiger partial charge is 0.497 e. The first kappa shape index (κ1) is 18.7. The molecule has 0 saturated carbocycles. The molecule has 0 fully saturated rings. The third kappa shape index (κ3) is 4.69. The van der Waals surface area contributed by atoms with Gasteiger partial charge < -0.3 is 9.84 Å². The summed E-state index contributed by atoms with van der Waals surface area (Å²) in [5, 5.41) is 8.80. The monoisotopic (exact) mass is 367 g/mol. The van der Waals surface area contributed by atoms with Crippen LogP contribution in [0.3, 0.4) is 0 Å². The Balaban J connectivity index is 2.41. The summed E-state index contributed by atoms with van der Waals surface area (Å²) in [7, 11) is -2.51. The Morgan fingerprint density at radius 1 is 1.20 bits per heavy atom. The van der Waals surface area contributed by atoms with Crippen LogP contribution in [0.15, 0.2) is 53.4 Å².